The van der Waals surface area contributed by atoms with Crippen molar-refractivity contribution in [2.45, 2.75) is 13.0 Å². The number of amides is 1. The van der Waals surface area contributed by atoms with Crippen LogP contribution < -0.4 is 5.32 Å². The van der Waals surface area contributed by atoms with Gasteiger partial charge in [-0.1, -0.05) is 0 Å². The number of aromatic nitrogens is 1. The summed E-state index contributed by atoms with van der Waals surface area (Å²) in [5, 5.41) is 11.7. The van der Waals surface area contributed by atoms with Crippen molar-refractivity contribution in [2.75, 3.05) is 33.3 Å². The SMILES string of the molecule is Cc1nc(C(=O)NCC2CN(C)CCO2)ccc1C(=O)O. The number of carboxylic acids is 1. The number of hydrogen-bond donors (Lipinski definition) is 2. The molecule has 7 heteroatoms. The predicted molar refractivity (Wildman–Crippen MR) is 75.5 cm³/mol. The average Bonchev–Trinajstić information content (AvgIpc) is 2.44. The van der Waals surface area contributed by atoms with Crippen LogP contribution in [0.3, 0.4) is 0 Å². The van der Waals surface area contributed by atoms with Crippen LogP contribution in [0, 0.1) is 6.92 Å². The normalized spacial score (nSPS) is 19.2. The van der Waals surface area contributed by atoms with Crippen LogP contribution in [-0.4, -0.2) is 66.3 Å². The van der Waals surface area contributed by atoms with Crippen LogP contribution in [0.2, 0.25) is 0 Å². The van der Waals surface area contributed by atoms with Crippen molar-refractivity contribution in [3.05, 3.63) is 29.1 Å². The minimum atomic E-state index is -1.05. The largest absolute Gasteiger partial charge is 0.478 e. The zero-order valence-corrected chi connectivity index (χ0v) is 12.1. The van der Waals surface area contributed by atoms with Gasteiger partial charge >= 0.3 is 5.97 Å². The van der Waals surface area contributed by atoms with Gasteiger partial charge in [0.05, 0.1) is 24.0 Å². The van der Waals surface area contributed by atoms with Crippen molar-refractivity contribution in [3.63, 3.8) is 0 Å². The van der Waals surface area contributed by atoms with Gasteiger partial charge in [-0.25, -0.2) is 9.78 Å². The topological polar surface area (TPSA) is 91.8 Å². The highest BCUT2D eigenvalue weighted by atomic mass is 16.5. The first-order valence-corrected chi connectivity index (χ1v) is 6.76. The van der Waals surface area contributed by atoms with Gasteiger partial charge in [0, 0.05) is 19.6 Å². The lowest BCUT2D eigenvalue weighted by Gasteiger charge is -2.30. The van der Waals surface area contributed by atoms with E-state index in [9.17, 15) is 9.59 Å². The lowest BCUT2D eigenvalue weighted by atomic mass is 10.2. The molecule has 1 aromatic heterocycles. The van der Waals surface area contributed by atoms with Crippen molar-refractivity contribution in [2.24, 2.45) is 0 Å². The molecule has 1 aliphatic heterocycles. The van der Waals surface area contributed by atoms with Crippen molar-refractivity contribution in [1.82, 2.24) is 15.2 Å². The summed E-state index contributed by atoms with van der Waals surface area (Å²) in [5.41, 5.74) is 0.634. The van der Waals surface area contributed by atoms with E-state index in [-0.39, 0.29) is 23.3 Å². The van der Waals surface area contributed by atoms with E-state index in [1.165, 1.54) is 12.1 Å². The van der Waals surface area contributed by atoms with Crippen molar-refractivity contribution >= 4 is 11.9 Å². The molecular weight excluding hydrogens is 274 g/mol. The highest BCUT2D eigenvalue weighted by molar-refractivity contribution is 5.94. The quantitative estimate of drug-likeness (QED) is 0.821. The molecule has 0 bridgehead atoms. The highest BCUT2D eigenvalue weighted by Gasteiger charge is 2.19. The Morgan fingerprint density at radius 3 is 2.90 bits per heavy atom. The summed E-state index contributed by atoms with van der Waals surface area (Å²) in [7, 11) is 2.01. The summed E-state index contributed by atoms with van der Waals surface area (Å²) in [6.45, 7) is 4.29. The van der Waals surface area contributed by atoms with E-state index in [1.807, 2.05) is 7.05 Å². The molecule has 0 aromatic carbocycles. The number of carboxylic acid groups (broad SMARTS) is 1. The van der Waals surface area contributed by atoms with Crippen molar-refractivity contribution in [3.8, 4) is 0 Å². The fraction of sp³-hybridized carbons (Fsp3) is 0.500. The Hall–Kier alpha value is -1.99. The molecule has 1 unspecified atom stereocenters. The van der Waals surface area contributed by atoms with Gasteiger partial charge in [-0.2, -0.15) is 0 Å². The predicted octanol–water partition coefficient (Wildman–Crippen LogP) is 0.149. The molecule has 1 amide bonds. The van der Waals surface area contributed by atoms with E-state index in [0.29, 0.717) is 18.8 Å². The molecule has 0 saturated carbocycles. The van der Waals surface area contributed by atoms with Crippen LogP contribution in [0.25, 0.3) is 0 Å². The van der Waals surface area contributed by atoms with Crippen LogP contribution in [-0.2, 0) is 4.74 Å². The molecule has 0 aliphatic carbocycles. The number of likely N-dealkylation sites (N-methyl/N-ethyl adjacent to an activating group) is 1. The third-order valence-corrected chi connectivity index (χ3v) is 3.38. The van der Waals surface area contributed by atoms with Gasteiger partial charge in [0.25, 0.3) is 5.91 Å². The summed E-state index contributed by atoms with van der Waals surface area (Å²) >= 11 is 0. The number of ether oxygens (including phenoxy) is 1. The first-order valence-electron chi connectivity index (χ1n) is 6.76. The molecule has 2 N–H and O–H groups in total. The second-order valence-corrected chi connectivity index (χ2v) is 5.10. The van der Waals surface area contributed by atoms with Crippen LogP contribution in [0.15, 0.2) is 12.1 Å². The molecule has 1 fully saturated rings. The molecule has 1 aliphatic rings. The second kappa shape index (κ2) is 6.64. The fourth-order valence-electron chi connectivity index (χ4n) is 2.20. The Balaban J connectivity index is 1.94. The first kappa shape index (κ1) is 15.4. The summed E-state index contributed by atoms with van der Waals surface area (Å²) < 4.78 is 5.55. The van der Waals surface area contributed by atoms with Gasteiger partial charge < -0.3 is 20.1 Å². The fourth-order valence-corrected chi connectivity index (χ4v) is 2.20. The number of aromatic carboxylic acids is 1. The third-order valence-electron chi connectivity index (χ3n) is 3.38. The lowest BCUT2D eigenvalue weighted by molar-refractivity contribution is -0.0175. The summed E-state index contributed by atoms with van der Waals surface area (Å²) in [6.07, 6.45) is -0.0351. The van der Waals surface area contributed by atoms with Gasteiger partial charge in [-0.05, 0) is 26.1 Å². The number of nitrogens with zero attached hydrogens (tertiary/aromatic N) is 2. The maximum atomic E-state index is 12.0. The first-order chi connectivity index (χ1) is 9.97. The standard InChI is InChI=1S/C14H19N3O4/c1-9-11(14(19)20)3-4-12(16-9)13(18)15-7-10-8-17(2)5-6-21-10/h3-4,10H,5-8H2,1-2H3,(H,15,18)(H,19,20). The molecule has 114 valence electrons. The lowest BCUT2D eigenvalue weighted by Crippen LogP contribution is -2.46. The molecule has 1 atom stereocenters. The van der Waals surface area contributed by atoms with Crippen molar-refractivity contribution in [1.29, 1.82) is 0 Å². The van der Waals surface area contributed by atoms with Gasteiger partial charge in [-0.15, -0.1) is 0 Å². The van der Waals surface area contributed by atoms with E-state index in [2.05, 4.69) is 15.2 Å². The van der Waals surface area contributed by atoms with E-state index in [1.54, 1.807) is 6.92 Å². The number of rotatable bonds is 4. The van der Waals surface area contributed by atoms with Crippen molar-refractivity contribution < 1.29 is 19.4 Å². The second-order valence-electron chi connectivity index (χ2n) is 5.10. The van der Waals surface area contributed by atoms with E-state index in [0.717, 1.165) is 13.1 Å². The molecule has 21 heavy (non-hydrogen) atoms. The van der Waals surface area contributed by atoms with Gasteiger partial charge in [-0.3, -0.25) is 4.79 Å². The van der Waals surface area contributed by atoms with E-state index < -0.39 is 5.97 Å². The summed E-state index contributed by atoms with van der Waals surface area (Å²) in [5.74, 6) is -1.38. The number of carbonyl (C=O) groups is 2. The average molecular weight is 293 g/mol. The number of carbonyl (C=O) groups excluding carboxylic acids is 1. The molecule has 2 rings (SSSR count). The number of hydrogen-bond acceptors (Lipinski definition) is 5. The zero-order valence-electron chi connectivity index (χ0n) is 12.1. The van der Waals surface area contributed by atoms with E-state index >= 15 is 0 Å². The smallest absolute Gasteiger partial charge is 0.337 e. The third kappa shape index (κ3) is 3.99. The Labute approximate surface area is 122 Å². The van der Waals surface area contributed by atoms with E-state index in [4.69, 9.17) is 9.84 Å². The Kier molecular flexibility index (Phi) is 4.87. The summed E-state index contributed by atoms with van der Waals surface area (Å²) in [6, 6.07) is 2.81. The number of nitrogens with one attached hydrogen (secondary N) is 1. The maximum Gasteiger partial charge on any atom is 0.337 e. The van der Waals surface area contributed by atoms with Crippen LogP contribution in [0.4, 0.5) is 0 Å². The minimum Gasteiger partial charge on any atom is -0.478 e. The number of morpholine rings is 1. The molecule has 0 spiro atoms. The van der Waals surface area contributed by atoms with Crippen LogP contribution in [0.1, 0.15) is 26.5 Å². The Morgan fingerprint density at radius 1 is 1.52 bits per heavy atom. The van der Waals surface area contributed by atoms with Gasteiger partial charge in [0.2, 0.25) is 0 Å². The molecule has 7 nitrogen and oxygen atoms in total. The van der Waals surface area contributed by atoms with Gasteiger partial charge in [0.15, 0.2) is 0 Å². The molecule has 1 saturated heterocycles. The monoisotopic (exact) mass is 293 g/mol. The van der Waals surface area contributed by atoms with Gasteiger partial charge in [0.1, 0.15) is 5.69 Å². The minimum absolute atomic E-state index is 0.0351. The highest BCUT2D eigenvalue weighted by Crippen LogP contribution is 2.07. The zero-order chi connectivity index (χ0) is 15.4. The molecule has 1 aromatic rings. The maximum absolute atomic E-state index is 12.0. The molecule has 0 radical (unpaired) electrons. The Bertz CT molecular complexity index is 547. The summed E-state index contributed by atoms with van der Waals surface area (Å²) in [4.78, 5) is 29.1. The van der Waals surface area contributed by atoms with Crippen LogP contribution >= 0.6 is 0 Å². The number of aryl methyl sites for hydroxylation is 1. The molecular formula is C14H19N3O4. The molecule has 2 heterocycles. The Morgan fingerprint density at radius 2 is 2.29 bits per heavy atom. The number of pyridine rings is 1. The van der Waals surface area contributed by atoms with Crippen LogP contribution in [0.5, 0.6) is 0 Å².